The van der Waals surface area contributed by atoms with Gasteiger partial charge in [0.2, 0.25) is 5.95 Å². The molecule has 0 aromatic carbocycles. The fourth-order valence-corrected chi connectivity index (χ4v) is 4.42. The van der Waals surface area contributed by atoms with E-state index in [0.717, 1.165) is 76.8 Å². The smallest absolute Gasteiger partial charge is 0.225 e. The summed E-state index contributed by atoms with van der Waals surface area (Å²) < 4.78 is 18.5. The number of anilines is 1. The van der Waals surface area contributed by atoms with Crippen molar-refractivity contribution < 1.29 is 14.2 Å². The van der Waals surface area contributed by atoms with Crippen molar-refractivity contribution in [2.24, 2.45) is 5.41 Å². The van der Waals surface area contributed by atoms with Gasteiger partial charge in [-0.1, -0.05) is 13.8 Å². The highest BCUT2D eigenvalue weighted by Gasteiger charge is 2.43. The maximum absolute atomic E-state index is 6.37. The van der Waals surface area contributed by atoms with Crippen LogP contribution in [0.1, 0.15) is 51.3 Å². The van der Waals surface area contributed by atoms with Crippen molar-refractivity contribution in [3.63, 3.8) is 0 Å². The molecule has 0 saturated carbocycles. The molecule has 1 aromatic rings. The van der Waals surface area contributed by atoms with E-state index in [1.165, 1.54) is 5.56 Å². The Balaban J connectivity index is 1.37. The summed E-state index contributed by atoms with van der Waals surface area (Å²) in [5, 5.41) is 0. The fraction of sp³-hybridized carbons (Fsp3) is 0.818. The molecule has 0 bridgehead atoms. The van der Waals surface area contributed by atoms with Crippen LogP contribution in [0.4, 0.5) is 5.95 Å². The summed E-state index contributed by atoms with van der Waals surface area (Å²) >= 11 is 0. The molecule has 0 N–H and O–H groups in total. The van der Waals surface area contributed by atoms with Gasteiger partial charge in [0.1, 0.15) is 5.60 Å². The van der Waals surface area contributed by atoms with Gasteiger partial charge in [0.25, 0.3) is 0 Å². The lowest BCUT2D eigenvalue weighted by atomic mass is 9.83. The van der Waals surface area contributed by atoms with Crippen LogP contribution in [0.2, 0.25) is 0 Å². The molecule has 29 heavy (non-hydrogen) atoms. The molecule has 162 valence electrons. The Bertz CT molecular complexity index is 719. The lowest BCUT2D eigenvalue weighted by Crippen LogP contribution is -2.50. The molecule has 0 unspecified atom stereocenters. The number of likely N-dealkylation sites (tertiary alicyclic amines) is 1. The molecule has 1 aromatic heterocycles. The van der Waals surface area contributed by atoms with Crippen LogP contribution in [-0.2, 0) is 26.2 Å². The zero-order valence-electron chi connectivity index (χ0n) is 18.7. The summed E-state index contributed by atoms with van der Waals surface area (Å²) in [5.41, 5.74) is 2.20. The Hall–Kier alpha value is -1.28. The molecule has 0 radical (unpaired) electrons. The highest BCUT2D eigenvalue weighted by molar-refractivity contribution is 5.35. The Kier molecular flexibility index (Phi) is 5.61. The lowest BCUT2D eigenvalue weighted by Gasteiger charge is -2.45. The predicted octanol–water partition coefficient (Wildman–Crippen LogP) is 2.59. The second-order valence-electron chi connectivity index (χ2n) is 10.00. The summed E-state index contributed by atoms with van der Waals surface area (Å²) in [7, 11) is 3.97. The van der Waals surface area contributed by atoms with Gasteiger partial charge in [-0.2, -0.15) is 0 Å². The van der Waals surface area contributed by atoms with E-state index in [0.29, 0.717) is 0 Å². The minimum absolute atomic E-state index is 0.107. The van der Waals surface area contributed by atoms with Crippen LogP contribution in [0.15, 0.2) is 6.20 Å². The molecule has 3 aliphatic heterocycles. The van der Waals surface area contributed by atoms with E-state index in [1.807, 2.05) is 25.2 Å². The van der Waals surface area contributed by atoms with Crippen molar-refractivity contribution >= 4 is 5.95 Å². The third-order valence-electron chi connectivity index (χ3n) is 6.52. The quantitative estimate of drug-likeness (QED) is 0.764. The van der Waals surface area contributed by atoms with Gasteiger partial charge in [-0.25, -0.2) is 9.97 Å². The first-order valence-electron chi connectivity index (χ1n) is 10.9. The van der Waals surface area contributed by atoms with Gasteiger partial charge >= 0.3 is 0 Å². The monoisotopic (exact) mass is 404 g/mol. The number of rotatable bonds is 4. The standard InChI is InChI=1S/C22H36N4O3/c1-20(2)15-28-21(3,29-16-20)7-10-26-11-8-22(9-12-26)18-17(6-13-27-22)14-23-19(24-18)25(4)5/h14H,6-13,15-16H2,1-5H3. The number of hydrogen-bond acceptors (Lipinski definition) is 7. The molecule has 2 fully saturated rings. The van der Waals surface area contributed by atoms with Crippen molar-refractivity contribution in [3.05, 3.63) is 17.5 Å². The molecule has 1 spiro atoms. The van der Waals surface area contributed by atoms with E-state index < -0.39 is 5.79 Å². The second kappa shape index (κ2) is 7.76. The van der Waals surface area contributed by atoms with Gasteiger partial charge in [0, 0.05) is 51.8 Å². The summed E-state index contributed by atoms with van der Waals surface area (Å²) in [4.78, 5) is 13.9. The molecule has 0 amide bonds. The summed E-state index contributed by atoms with van der Waals surface area (Å²) in [5.74, 6) is 0.297. The van der Waals surface area contributed by atoms with Crippen molar-refractivity contribution in [1.82, 2.24) is 14.9 Å². The Morgan fingerprint density at radius 3 is 2.41 bits per heavy atom. The van der Waals surface area contributed by atoms with Gasteiger partial charge in [-0.05, 0) is 31.7 Å². The van der Waals surface area contributed by atoms with Gasteiger partial charge < -0.3 is 24.0 Å². The van der Waals surface area contributed by atoms with Gasteiger partial charge in [-0.15, -0.1) is 0 Å². The van der Waals surface area contributed by atoms with Crippen molar-refractivity contribution in [3.8, 4) is 0 Å². The average Bonchev–Trinajstić information content (AvgIpc) is 2.70. The molecule has 3 aliphatic rings. The third-order valence-corrected chi connectivity index (χ3v) is 6.52. The number of hydrogen-bond donors (Lipinski definition) is 0. The molecule has 4 heterocycles. The normalized spacial score (nSPS) is 25.6. The topological polar surface area (TPSA) is 60.0 Å². The molecule has 2 saturated heterocycles. The van der Waals surface area contributed by atoms with Gasteiger partial charge in [-0.3, -0.25) is 0 Å². The zero-order valence-corrected chi connectivity index (χ0v) is 18.7. The Morgan fingerprint density at radius 1 is 1.07 bits per heavy atom. The molecule has 0 aliphatic carbocycles. The van der Waals surface area contributed by atoms with Crippen molar-refractivity contribution in [1.29, 1.82) is 0 Å². The Labute approximate surface area is 174 Å². The van der Waals surface area contributed by atoms with E-state index in [2.05, 4.69) is 30.7 Å². The fourth-order valence-electron chi connectivity index (χ4n) is 4.42. The van der Waals surface area contributed by atoms with Crippen LogP contribution < -0.4 is 4.90 Å². The average molecular weight is 405 g/mol. The summed E-state index contributed by atoms with van der Waals surface area (Å²) in [6, 6.07) is 0. The predicted molar refractivity (Wildman–Crippen MR) is 112 cm³/mol. The van der Waals surface area contributed by atoms with E-state index >= 15 is 0 Å². The van der Waals surface area contributed by atoms with E-state index in [1.54, 1.807) is 0 Å². The molecule has 7 heteroatoms. The highest BCUT2D eigenvalue weighted by Crippen LogP contribution is 2.41. The maximum Gasteiger partial charge on any atom is 0.225 e. The minimum atomic E-state index is -0.466. The van der Waals surface area contributed by atoms with Gasteiger partial charge in [0.15, 0.2) is 5.79 Å². The van der Waals surface area contributed by atoms with Gasteiger partial charge in [0.05, 0.1) is 25.5 Å². The number of nitrogens with zero attached hydrogens (tertiary/aromatic N) is 4. The summed E-state index contributed by atoms with van der Waals surface area (Å²) in [6.07, 6.45) is 5.72. The highest BCUT2D eigenvalue weighted by atomic mass is 16.7. The number of piperidine rings is 1. The van der Waals surface area contributed by atoms with E-state index in [4.69, 9.17) is 19.2 Å². The van der Waals surface area contributed by atoms with Crippen LogP contribution in [0.25, 0.3) is 0 Å². The molecule has 4 rings (SSSR count). The van der Waals surface area contributed by atoms with E-state index in [-0.39, 0.29) is 11.0 Å². The second-order valence-corrected chi connectivity index (χ2v) is 10.00. The maximum atomic E-state index is 6.37. The SMILES string of the molecule is CN(C)c1ncc2c(n1)C1(CCN(CCC3(C)OCC(C)(C)CO3)CC1)OCC2. The minimum Gasteiger partial charge on any atom is -0.368 e. The van der Waals surface area contributed by atoms with Crippen LogP contribution >= 0.6 is 0 Å². The molecular weight excluding hydrogens is 368 g/mol. The Morgan fingerprint density at radius 2 is 1.76 bits per heavy atom. The first-order valence-corrected chi connectivity index (χ1v) is 10.9. The third kappa shape index (κ3) is 4.43. The van der Waals surface area contributed by atoms with Crippen LogP contribution in [0.3, 0.4) is 0 Å². The number of fused-ring (bicyclic) bond motifs is 2. The van der Waals surface area contributed by atoms with Crippen molar-refractivity contribution in [2.75, 3.05) is 58.5 Å². The molecule has 7 nitrogen and oxygen atoms in total. The van der Waals surface area contributed by atoms with Crippen LogP contribution in [0.5, 0.6) is 0 Å². The van der Waals surface area contributed by atoms with E-state index in [9.17, 15) is 0 Å². The largest absolute Gasteiger partial charge is 0.368 e. The van der Waals surface area contributed by atoms with Crippen LogP contribution in [0, 0.1) is 5.41 Å². The lowest BCUT2D eigenvalue weighted by molar-refractivity contribution is -0.292. The first kappa shape index (κ1) is 21.0. The number of aromatic nitrogens is 2. The zero-order chi connectivity index (χ0) is 20.7. The van der Waals surface area contributed by atoms with Crippen LogP contribution in [-0.4, -0.2) is 74.2 Å². The first-order chi connectivity index (χ1) is 13.7. The molecular formula is C22H36N4O3. The summed E-state index contributed by atoms with van der Waals surface area (Å²) in [6.45, 7) is 11.7. The molecule has 0 atom stereocenters. The van der Waals surface area contributed by atoms with Crippen molar-refractivity contribution in [2.45, 2.75) is 57.8 Å². The number of ether oxygens (including phenoxy) is 3.